The van der Waals surface area contributed by atoms with Gasteiger partial charge < -0.3 is 10.2 Å². The smallest absolute Gasteiger partial charge is 0.0925 e. The van der Waals surface area contributed by atoms with Gasteiger partial charge in [-0.25, -0.2) is 4.98 Å². The molecule has 0 unspecified atom stereocenters. The zero-order chi connectivity index (χ0) is 12.7. The average molecular weight is 255 g/mol. The highest BCUT2D eigenvalue weighted by Crippen LogP contribution is 2.12. The first-order valence-corrected chi connectivity index (χ1v) is 7.29. The lowest BCUT2D eigenvalue weighted by molar-refractivity contribution is 0.269. The third kappa shape index (κ3) is 5.61. The lowest BCUT2D eigenvalue weighted by atomic mass is 10.3. The first-order chi connectivity index (χ1) is 8.13. The van der Waals surface area contributed by atoms with Crippen LogP contribution in [0.4, 0.5) is 0 Å². The Labute approximate surface area is 109 Å². The minimum atomic E-state index is 0.642. The molecule has 1 N–H and O–H groups in total. The first-order valence-electron chi connectivity index (χ1n) is 6.48. The van der Waals surface area contributed by atoms with Crippen LogP contribution in [0.15, 0.2) is 6.20 Å². The van der Waals surface area contributed by atoms with E-state index in [9.17, 15) is 0 Å². The monoisotopic (exact) mass is 255 g/mol. The molecule has 0 fully saturated rings. The molecule has 4 heteroatoms. The second kappa shape index (κ2) is 7.80. The van der Waals surface area contributed by atoms with Gasteiger partial charge in [0.05, 0.1) is 5.01 Å². The molecular formula is C13H25N3S. The summed E-state index contributed by atoms with van der Waals surface area (Å²) in [5.41, 5.74) is 0. The Hall–Kier alpha value is -0.450. The number of hydrogen-bond donors (Lipinski definition) is 1. The summed E-state index contributed by atoms with van der Waals surface area (Å²) in [5.74, 6) is 0. The quantitative estimate of drug-likeness (QED) is 0.724. The molecule has 0 aliphatic rings. The maximum atomic E-state index is 4.36. The Bertz CT molecular complexity index is 309. The summed E-state index contributed by atoms with van der Waals surface area (Å²) in [4.78, 5) is 8.08. The van der Waals surface area contributed by atoms with Gasteiger partial charge in [-0.05, 0) is 46.8 Å². The Balaban J connectivity index is 2.08. The number of aryl methyl sites for hydroxylation is 1. The predicted molar refractivity (Wildman–Crippen MR) is 75.6 cm³/mol. The molecule has 0 spiro atoms. The maximum Gasteiger partial charge on any atom is 0.0925 e. The predicted octanol–water partition coefficient (Wildman–Crippen LogP) is 2.53. The molecule has 0 saturated heterocycles. The van der Waals surface area contributed by atoms with Gasteiger partial charge in [-0.1, -0.05) is 6.92 Å². The van der Waals surface area contributed by atoms with Crippen molar-refractivity contribution < 1.29 is 0 Å². The highest BCUT2D eigenvalue weighted by Gasteiger charge is 2.02. The highest BCUT2D eigenvalue weighted by atomic mass is 32.1. The minimum Gasteiger partial charge on any atom is -0.312 e. The van der Waals surface area contributed by atoms with E-state index in [1.807, 2.05) is 17.5 Å². The number of nitrogens with one attached hydrogen (secondary N) is 1. The van der Waals surface area contributed by atoms with E-state index < -0.39 is 0 Å². The maximum absolute atomic E-state index is 4.36. The second-order valence-electron chi connectivity index (χ2n) is 4.68. The van der Waals surface area contributed by atoms with Crippen LogP contribution in [0.1, 0.15) is 37.1 Å². The van der Waals surface area contributed by atoms with Crippen LogP contribution >= 0.6 is 11.3 Å². The fourth-order valence-electron chi connectivity index (χ4n) is 1.52. The van der Waals surface area contributed by atoms with Gasteiger partial charge in [0.15, 0.2) is 0 Å². The van der Waals surface area contributed by atoms with Crippen molar-refractivity contribution >= 4 is 11.3 Å². The van der Waals surface area contributed by atoms with E-state index in [1.165, 1.54) is 16.3 Å². The summed E-state index contributed by atoms with van der Waals surface area (Å²) in [6.07, 6.45) is 4.24. The molecule has 0 atom stereocenters. The van der Waals surface area contributed by atoms with Crippen molar-refractivity contribution in [2.45, 2.75) is 46.2 Å². The zero-order valence-electron chi connectivity index (χ0n) is 11.5. The third-order valence-electron chi connectivity index (χ3n) is 2.95. The van der Waals surface area contributed by atoms with Crippen LogP contribution in [0.5, 0.6) is 0 Å². The normalized spacial score (nSPS) is 11.6. The number of thiazole rings is 1. The topological polar surface area (TPSA) is 28.2 Å². The van der Waals surface area contributed by atoms with Gasteiger partial charge in [-0.2, -0.15) is 0 Å². The van der Waals surface area contributed by atoms with Crippen molar-refractivity contribution in [1.82, 2.24) is 15.2 Å². The lowest BCUT2D eigenvalue weighted by Crippen LogP contribution is -2.29. The molecule has 0 aliphatic carbocycles. The van der Waals surface area contributed by atoms with Gasteiger partial charge in [0.25, 0.3) is 0 Å². The molecule has 0 amide bonds. The zero-order valence-corrected chi connectivity index (χ0v) is 12.3. The SMILES string of the molecule is CCc1ncc(CNCCCN(C)C(C)C)s1. The van der Waals surface area contributed by atoms with Gasteiger partial charge in [0.1, 0.15) is 0 Å². The Morgan fingerprint density at radius 3 is 2.82 bits per heavy atom. The molecular weight excluding hydrogens is 230 g/mol. The summed E-state index contributed by atoms with van der Waals surface area (Å²) >= 11 is 1.82. The van der Waals surface area contributed by atoms with Gasteiger partial charge >= 0.3 is 0 Å². The van der Waals surface area contributed by atoms with Crippen LogP contribution in [0.3, 0.4) is 0 Å². The summed E-state index contributed by atoms with van der Waals surface area (Å²) in [7, 11) is 2.18. The molecule has 98 valence electrons. The van der Waals surface area contributed by atoms with E-state index in [1.54, 1.807) is 0 Å². The molecule has 0 radical (unpaired) electrons. The fourth-order valence-corrected chi connectivity index (χ4v) is 2.35. The van der Waals surface area contributed by atoms with Crippen molar-refractivity contribution in [1.29, 1.82) is 0 Å². The summed E-state index contributed by atoms with van der Waals surface area (Å²) in [5, 5.41) is 4.71. The molecule has 3 nitrogen and oxygen atoms in total. The molecule has 1 aromatic heterocycles. The van der Waals surface area contributed by atoms with E-state index in [0.717, 1.165) is 26.1 Å². The van der Waals surface area contributed by atoms with E-state index in [2.05, 4.69) is 43.0 Å². The number of hydrogen-bond acceptors (Lipinski definition) is 4. The Kier molecular flexibility index (Phi) is 6.70. The van der Waals surface area contributed by atoms with E-state index in [4.69, 9.17) is 0 Å². The van der Waals surface area contributed by atoms with Crippen molar-refractivity contribution in [2.24, 2.45) is 0 Å². The second-order valence-corrected chi connectivity index (χ2v) is 5.88. The fraction of sp³-hybridized carbons (Fsp3) is 0.769. The summed E-state index contributed by atoms with van der Waals surface area (Å²) < 4.78 is 0. The van der Waals surface area contributed by atoms with E-state index in [0.29, 0.717) is 6.04 Å². The van der Waals surface area contributed by atoms with Crippen molar-refractivity contribution in [3.8, 4) is 0 Å². The minimum absolute atomic E-state index is 0.642. The van der Waals surface area contributed by atoms with Crippen LogP contribution in [0.2, 0.25) is 0 Å². The first kappa shape index (κ1) is 14.6. The van der Waals surface area contributed by atoms with Crippen LogP contribution in [0, 0.1) is 0 Å². The molecule has 1 heterocycles. The van der Waals surface area contributed by atoms with Crippen LogP contribution in [0.25, 0.3) is 0 Å². The van der Waals surface area contributed by atoms with E-state index >= 15 is 0 Å². The number of rotatable bonds is 8. The Morgan fingerprint density at radius 1 is 1.47 bits per heavy atom. The number of aromatic nitrogens is 1. The standard InChI is InChI=1S/C13H25N3S/c1-5-13-15-10-12(17-13)9-14-7-6-8-16(4)11(2)3/h10-11,14H,5-9H2,1-4H3. The molecule has 17 heavy (non-hydrogen) atoms. The van der Waals surface area contributed by atoms with Crippen molar-refractivity contribution in [2.75, 3.05) is 20.1 Å². The molecule has 1 rings (SSSR count). The summed E-state index contributed by atoms with van der Waals surface area (Å²) in [6, 6.07) is 0.642. The lowest BCUT2D eigenvalue weighted by Gasteiger charge is -2.20. The molecule has 0 saturated carbocycles. The van der Waals surface area contributed by atoms with Gasteiger partial charge in [0.2, 0.25) is 0 Å². The molecule has 0 aromatic carbocycles. The molecule has 0 bridgehead atoms. The molecule has 1 aromatic rings. The summed E-state index contributed by atoms with van der Waals surface area (Å²) in [6.45, 7) is 9.82. The third-order valence-corrected chi connectivity index (χ3v) is 4.09. The Morgan fingerprint density at radius 2 is 2.24 bits per heavy atom. The van der Waals surface area contributed by atoms with Crippen molar-refractivity contribution in [3.63, 3.8) is 0 Å². The van der Waals surface area contributed by atoms with Crippen LogP contribution in [-0.2, 0) is 13.0 Å². The van der Waals surface area contributed by atoms with Gasteiger partial charge in [0, 0.05) is 23.7 Å². The molecule has 0 aliphatic heterocycles. The largest absolute Gasteiger partial charge is 0.312 e. The van der Waals surface area contributed by atoms with Crippen molar-refractivity contribution in [3.05, 3.63) is 16.1 Å². The van der Waals surface area contributed by atoms with Crippen LogP contribution < -0.4 is 5.32 Å². The highest BCUT2D eigenvalue weighted by molar-refractivity contribution is 7.11. The van der Waals surface area contributed by atoms with E-state index in [-0.39, 0.29) is 0 Å². The van der Waals surface area contributed by atoms with Crippen LogP contribution in [-0.4, -0.2) is 36.1 Å². The average Bonchev–Trinajstić information content (AvgIpc) is 2.76. The number of nitrogens with zero attached hydrogens (tertiary/aromatic N) is 2. The van der Waals surface area contributed by atoms with Gasteiger partial charge in [-0.3, -0.25) is 0 Å². The van der Waals surface area contributed by atoms with Gasteiger partial charge in [-0.15, -0.1) is 11.3 Å².